The summed E-state index contributed by atoms with van der Waals surface area (Å²) in [5.74, 6) is 0. The molecule has 6 aromatic rings. The molecule has 0 atom stereocenters. The lowest BCUT2D eigenvalue weighted by Crippen LogP contribution is -2.16. The average Bonchev–Trinajstić information content (AvgIpc) is 3.25. The average molecular weight is 542 g/mol. The van der Waals surface area contributed by atoms with Crippen molar-refractivity contribution >= 4 is 17.1 Å². The molecule has 0 fully saturated rings. The summed E-state index contributed by atoms with van der Waals surface area (Å²) in [6, 6.07) is 50.8. The molecule has 0 bridgehead atoms. The molecule has 0 radical (unpaired) electrons. The lowest BCUT2D eigenvalue weighted by Gasteiger charge is -2.29. The maximum atomic E-state index is 2.43. The van der Waals surface area contributed by atoms with Gasteiger partial charge in [0.05, 0.1) is 5.69 Å². The SMILES string of the molecule is Cc1cc2c(cc1C)C(C)(C)c1cccc(N(c3ccc(-c4ccccc4)cc3)c3ccc(-c4ccccc4)cc3)c1-2. The second-order valence-electron chi connectivity index (χ2n) is 12.0. The van der Waals surface area contributed by atoms with Crippen LogP contribution in [0.25, 0.3) is 33.4 Å². The summed E-state index contributed by atoms with van der Waals surface area (Å²) < 4.78 is 0. The van der Waals surface area contributed by atoms with Crippen molar-refractivity contribution in [2.45, 2.75) is 33.1 Å². The summed E-state index contributed by atoms with van der Waals surface area (Å²) >= 11 is 0. The van der Waals surface area contributed by atoms with E-state index in [0.29, 0.717) is 0 Å². The van der Waals surface area contributed by atoms with Crippen LogP contribution >= 0.6 is 0 Å². The fraction of sp³-hybridized carbons (Fsp3) is 0.122. The Morgan fingerprint density at radius 3 is 1.45 bits per heavy atom. The van der Waals surface area contributed by atoms with Crippen LogP contribution in [0, 0.1) is 13.8 Å². The fourth-order valence-electron chi connectivity index (χ4n) is 6.51. The quantitative estimate of drug-likeness (QED) is 0.210. The van der Waals surface area contributed by atoms with Gasteiger partial charge in [-0.05, 0) is 94.3 Å². The standard InChI is InChI=1S/C41H35N/c1-28-26-36-38(27-29(28)2)41(3,4)37-16-11-17-39(40(36)37)42(34-22-18-32(19-23-34)30-12-7-5-8-13-30)35-24-20-33(21-25-35)31-14-9-6-10-15-31/h5-27H,1-4H3. The molecular formula is C41H35N. The maximum absolute atomic E-state index is 2.43. The number of hydrogen-bond acceptors (Lipinski definition) is 1. The third kappa shape index (κ3) is 4.33. The predicted molar refractivity (Wildman–Crippen MR) is 179 cm³/mol. The van der Waals surface area contributed by atoms with Gasteiger partial charge in [0.15, 0.2) is 0 Å². The molecule has 0 amide bonds. The van der Waals surface area contributed by atoms with Crippen LogP contribution in [0.3, 0.4) is 0 Å². The minimum atomic E-state index is -0.0703. The first-order chi connectivity index (χ1) is 20.4. The van der Waals surface area contributed by atoms with Gasteiger partial charge in [0.1, 0.15) is 0 Å². The van der Waals surface area contributed by atoms with Gasteiger partial charge in [-0.3, -0.25) is 0 Å². The molecule has 0 saturated carbocycles. The van der Waals surface area contributed by atoms with E-state index in [4.69, 9.17) is 0 Å². The van der Waals surface area contributed by atoms with Crippen LogP contribution in [0.2, 0.25) is 0 Å². The summed E-state index contributed by atoms with van der Waals surface area (Å²) in [6.45, 7) is 9.18. The van der Waals surface area contributed by atoms with Gasteiger partial charge in [0.25, 0.3) is 0 Å². The maximum Gasteiger partial charge on any atom is 0.0543 e. The lowest BCUT2D eigenvalue weighted by molar-refractivity contribution is 0.659. The number of rotatable bonds is 5. The first-order valence-electron chi connectivity index (χ1n) is 14.8. The molecule has 1 aliphatic carbocycles. The van der Waals surface area contributed by atoms with Crippen molar-refractivity contribution in [2.75, 3.05) is 4.90 Å². The zero-order valence-corrected chi connectivity index (χ0v) is 24.7. The third-order valence-electron chi connectivity index (χ3n) is 9.00. The Bertz CT molecular complexity index is 1800. The van der Waals surface area contributed by atoms with E-state index >= 15 is 0 Å². The summed E-state index contributed by atoms with van der Waals surface area (Å²) in [5, 5.41) is 0. The van der Waals surface area contributed by atoms with Crippen molar-refractivity contribution in [3.63, 3.8) is 0 Å². The summed E-state index contributed by atoms with van der Waals surface area (Å²) in [7, 11) is 0. The summed E-state index contributed by atoms with van der Waals surface area (Å²) in [5.41, 5.74) is 16.5. The molecule has 204 valence electrons. The first kappa shape index (κ1) is 26.0. The van der Waals surface area contributed by atoms with Crippen molar-refractivity contribution in [1.29, 1.82) is 0 Å². The molecule has 0 heterocycles. The predicted octanol–water partition coefficient (Wildman–Crippen LogP) is 11.4. The van der Waals surface area contributed by atoms with Crippen LogP contribution < -0.4 is 4.90 Å². The molecule has 1 heteroatoms. The van der Waals surface area contributed by atoms with E-state index in [1.165, 1.54) is 61.3 Å². The minimum absolute atomic E-state index is 0.0703. The van der Waals surface area contributed by atoms with Gasteiger partial charge in [-0.15, -0.1) is 0 Å². The highest BCUT2D eigenvalue weighted by Gasteiger charge is 2.38. The van der Waals surface area contributed by atoms with E-state index in [1.807, 2.05) is 0 Å². The fourth-order valence-corrected chi connectivity index (χ4v) is 6.51. The van der Waals surface area contributed by atoms with E-state index in [1.54, 1.807) is 0 Å². The van der Waals surface area contributed by atoms with Gasteiger partial charge in [0.2, 0.25) is 0 Å². The molecule has 0 saturated heterocycles. The number of benzene rings is 6. The van der Waals surface area contributed by atoms with E-state index in [0.717, 1.165) is 11.4 Å². The first-order valence-corrected chi connectivity index (χ1v) is 14.8. The van der Waals surface area contributed by atoms with E-state index < -0.39 is 0 Å². The Kier molecular flexibility index (Phi) is 6.32. The van der Waals surface area contributed by atoms with Crippen molar-refractivity contribution < 1.29 is 0 Å². The van der Waals surface area contributed by atoms with Gasteiger partial charge < -0.3 is 4.90 Å². The molecule has 7 rings (SSSR count). The molecule has 0 unspecified atom stereocenters. The molecule has 6 aromatic carbocycles. The van der Waals surface area contributed by atoms with Crippen LogP contribution in [0.5, 0.6) is 0 Å². The zero-order valence-electron chi connectivity index (χ0n) is 24.7. The van der Waals surface area contributed by atoms with E-state index in [2.05, 4.69) is 172 Å². The molecule has 0 N–H and O–H groups in total. The highest BCUT2D eigenvalue weighted by Crippen LogP contribution is 2.54. The number of nitrogens with zero attached hydrogens (tertiary/aromatic N) is 1. The molecule has 0 spiro atoms. The Morgan fingerprint density at radius 1 is 0.452 bits per heavy atom. The Labute approximate surface area is 249 Å². The lowest BCUT2D eigenvalue weighted by atomic mass is 9.81. The molecule has 1 aliphatic rings. The number of anilines is 3. The third-order valence-corrected chi connectivity index (χ3v) is 9.00. The minimum Gasteiger partial charge on any atom is -0.310 e. The number of aryl methyl sites for hydroxylation is 2. The monoisotopic (exact) mass is 541 g/mol. The normalized spacial score (nSPS) is 13.0. The molecule has 0 aromatic heterocycles. The number of fused-ring (bicyclic) bond motifs is 3. The number of hydrogen-bond donors (Lipinski definition) is 0. The van der Waals surface area contributed by atoms with Gasteiger partial charge in [-0.25, -0.2) is 0 Å². The van der Waals surface area contributed by atoms with Crippen molar-refractivity contribution in [2.24, 2.45) is 0 Å². The van der Waals surface area contributed by atoms with Gasteiger partial charge >= 0.3 is 0 Å². The van der Waals surface area contributed by atoms with Crippen molar-refractivity contribution in [3.8, 4) is 33.4 Å². The Morgan fingerprint density at radius 2 is 0.929 bits per heavy atom. The van der Waals surface area contributed by atoms with Gasteiger partial charge in [-0.1, -0.05) is 123 Å². The molecular weight excluding hydrogens is 506 g/mol. The highest BCUT2D eigenvalue weighted by molar-refractivity contribution is 5.95. The van der Waals surface area contributed by atoms with Crippen LogP contribution in [-0.2, 0) is 5.41 Å². The van der Waals surface area contributed by atoms with E-state index in [9.17, 15) is 0 Å². The van der Waals surface area contributed by atoms with Crippen molar-refractivity contribution in [3.05, 3.63) is 162 Å². The van der Waals surface area contributed by atoms with Crippen molar-refractivity contribution in [1.82, 2.24) is 0 Å². The molecule has 1 nitrogen and oxygen atoms in total. The summed E-state index contributed by atoms with van der Waals surface area (Å²) in [6.07, 6.45) is 0. The van der Waals surface area contributed by atoms with E-state index in [-0.39, 0.29) is 5.41 Å². The second-order valence-corrected chi connectivity index (χ2v) is 12.0. The molecule has 42 heavy (non-hydrogen) atoms. The van der Waals surface area contributed by atoms with Crippen LogP contribution in [0.15, 0.2) is 140 Å². The largest absolute Gasteiger partial charge is 0.310 e. The highest BCUT2D eigenvalue weighted by atomic mass is 15.1. The Balaban J connectivity index is 1.42. The smallest absolute Gasteiger partial charge is 0.0543 e. The van der Waals surface area contributed by atoms with Crippen LogP contribution in [0.4, 0.5) is 17.1 Å². The summed E-state index contributed by atoms with van der Waals surface area (Å²) in [4.78, 5) is 2.43. The molecule has 0 aliphatic heterocycles. The van der Waals surface area contributed by atoms with Crippen LogP contribution in [-0.4, -0.2) is 0 Å². The van der Waals surface area contributed by atoms with Gasteiger partial charge in [0, 0.05) is 22.4 Å². The van der Waals surface area contributed by atoms with Crippen LogP contribution in [0.1, 0.15) is 36.1 Å². The second kappa shape index (κ2) is 10.2. The zero-order chi connectivity index (χ0) is 28.8. The van der Waals surface area contributed by atoms with Gasteiger partial charge in [-0.2, -0.15) is 0 Å². The topological polar surface area (TPSA) is 3.24 Å². The Hall–Kier alpha value is -4.88.